The molecule has 1 aliphatic rings. The van der Waals surface area contributed by atoms with E-state index in [1.54, 1.807) is 36.4 Å². The molecule has 8 nitrogen and oxygen atoms in total. The summed E-state index contributed by atoms with van der Waals surface area (Å²) < 4.78 is 43.5. The van der Waals surface area contributed by atoms with Crippen LogP contribution in [-0.2, 0) is 21.4 Å². The van der Waals surface area contributed by atoms with Crippen molar-refractivity contribution < 1.29 is 27.2 Å². The predicted octanol–water partition coefficient (Wildman–Crippen LogP) is 6.85. The van der Waals surface area contributed by atoms with E-state index in [2.05, 4.69) is 21.7 Å². The first-order valence-corrected chi connectivity index (χ1v) is 15.3. The van der Waals surface area contributed by atoms with Crippen molar-refractivity contribution in [1.82, 2.24) is 9.88 Å². The average molecular weight is 646 g/mol. The zero-order chi connectivity index (χ0) is 30.0. The molecule has 0 radical (unpaired) electrons. The lowest BCUT2D eigenvalue weighted by atomic mass is 10.0. The summed E-state index contributed by atoms with van der Waals surface area (Å²) in [5, 5.41) is 5.50. The average Bonchev–Trinajstić information content (AvgIpc) is 3.74. The van der Waals surface area contributed by atoms with Crippen molar-refractivity contribution in [2.45, 2.75) is 30.3 Å². The molecule has 0 spiro atoms. The van der Waals surface area contributed by atoms with Gasteiger partial charge in [0.25, 0.3) is 0 Å². The molecule has 1 N–H and O–H groups in total. The Kier molecular flexibility index (Phi) is 8.83. The van der Waals surface area contributed by atoms with Gasteiger partial charge in [-0.25, -0.2) is 17.9 Å². The van der Waals surface area contributed by atoms with Crippen molar-refractivity contribution in [3.63, 3.8) is 0 Å². The fourth-order valence-electron chi connectivity index (χ4n) is 4.21. The third kappa shape index (κ3) is 6.43. The number of rotatable bonds is 8. The maximum Gasteiger partial charge on any atom is 0.337 e. The van der Waals surface area contributed by atoms with Crippen LogP contribution in [0.2, 0.25) is 15.1 Å². The van der Waals surface area contributed by atoms with Gasteiger partial charge in [0, 0.05) is 28.7 Å². The third-order valence-corrected chi connectivity index (χ3v) is 8.87. The van der Waals surface area contributed by atoms with Gasteiger partial charge >= 0.3 is 5.97 Å². The van der Waals surface area contributed by atoms with Crippen LogP contribution in [0.5, 0.6) is 5.75 Å². The molecule has 12 heteroatoms. The Morgan fingerprint density at radius 2 is 1.79 bits per heavy atom. The van der Waals surface area contributed by atoms with Crippen LogP contribution >= 0.6 is 34.8 Å². The topological polar surface area (TPSA) is 108 Å². The Hall–Kier alpha value is -3.52. The third-order valence-electron chi connectivity index (χ3n) is 6.54. The lowest BCUT2D eigenvalue weighted by Gasteiger charge is -2.10. The lowest BCUT2D eigenvalue weighted by Crippen LogP contribution is -2.19. The SMILES string of the molecule is CNS(=O)(=O)c1cc(C#Cc2ccc(OCc3c(-c4c(Cl)cccc4Cl)noc3C3CC3)cc2Cl)cc(C(=O)OC)c1. The molecule has 1 heterocycles. The second-order valence-corrected chi connectivity index (χ2v) is 12.5. The molecular weight excluding hydrogens is 623 g/mol. The lowest BCUT2D eigenvalue weighted by molar-refractivity contribution is 0.0600. The standard InChI is InChI=1S/C30H23Cl3N2O6S/c1-34-42(37,38)22-13-17(12-20(14-22)30(36)39-2)6-7-18-10-11-21(15-26(18)33)40-16-23-28(35-41-29(23)19-8-9-19)27-24(31)4-3-5-25(27)32/h3-5,10-15,19,34H,8-9,16H2,1-2H3. The molecule has 5 rings (SSSR count). The minimum Gasteiger partial charge on any atom is -0.489 e. The van der Waals surface area contributed by atoms with Gasteiger partial charge in [0.2, 0.25) is 10.0 Å². The number of halogens is 3. The quantitative estimate of drug-likeness (QED) is 0.165. The summed E-state index contributed by atoms with van der Waals surface area (Å²) in [6, 6.07) is 14.3. The van der Waals surface area contributed by atoms with Crippen molar-refractivity contribution in [3.05, 3.63) is 97.7 Å². The molecule has 4 aromatic rings. The van der Waals surface area contributed by atoms with Crippen LogP contribution in [0.4, 0.5) is 0 Å². The van der Waals surface area contributed by atoms with Gasteiger partial charge < -0.3 is 14.0 Å². The van der Waals surface area contributed by atoms with E-state index in [4.69, 9.17) is 48.8 Å². The number of nitrogens with zero attached hydrogens (tertiary/aromatic N) is 1. The summed E-state index contributed by atoms with van der Waals surface area (Å²) in [7, 11) is -1.35. The van der Waals surface area contributed by atoms with Gasteiger partial charge in [0.05, 0.1) is 38.2 Å². The van der Waals surface area contributed by atoms with E-state index in [9.17, 15) is 13.2 Å². The minimum atomic E-state index is -3.83. The molecule has 3 aromatic carbocycles. The number of hydrogen-bond acceptors (Lipinski definition) is 7. The first-order valence-electron chi connectivity index (χ1n) is 12.7. The van der Waals surface area contributed by atoms with Crippen LogP contribution in [0.25, 0.3) is 11.3 Å². The summed E-state index contributed by atoms with van der Waals surface area (Å²) >= 11 is 19.4. The molecule has 0 bridgehead atoms. The summed E-state index contributed by atoms with van der Waals surface area (Å²) in [5.74, 6) is 6.62. The molecule has 1 aromatic heterocycles. The normalized spacial score (nSPS) is 12.9. The minimum absolute atomic E-state index is 0.0460. The van der Waals surface area contributed by atoms with Crippen molar-refractivity contribution in [1.29, 1.82) is 0 Å². The second kappa shape index (κ2) is 12.4. The summed E-state index contributed by atoms with van der Waals surface area (Å²) in [5.41, 5.74) is 2.69. The number of aromatic nitrogens is 1. The second-order valence-electron chi connectivity index (χ2n) is 9.37. The molecule has 0 unspecified atom stereocenters. The molecular formula is C30H23Cl3N2O6S. The molecule has 1 fully saturated rings. The number of ether oxygens (including phenoxy) is 2. The molecule has 1 aliphatic carbocycles. The summed E-state index contributed by atoms with van der Waals surface area (Å²) in [4.78, 5) is 12.0. The van der Waals surface area contributed by atoms with Crippen molar-refractivity contribution in [2.75, 3.05) is 14.2 Å². The number of carbonyl (C=O) groups excluding carboxylic acids is 1. The van der Waals surface area contributed by atoms with E-state index < -0.39 is 16.0 Å². The Balaban J connectivity index is 1.40. The van der Waals surface area contributed by atoms with E-state index in [0.29, 0.717) is 37.6 Å². The Morgan fingerprint density at radius 1 is 1.05 bits per heavy atom. The van der Waals surface area contributed by atoms with Gasteiger partial charge in [-0.05, 0) is 62.4 Å². The van der Waals surface area contributed by atoms with Crippen LogP contribution < -0.4 is 9.46 Å². The zero-order valence-electron chi connectivity index (χ0n) is 22.3. The van der Waals surface area contributed by atoms with Gasteiger partial charge in [-0.15, -0.1) is 0 Å². The first kappa shape index (κ1) is 30.0. The number of methoxy groups -OCH3 is 1. The Bertz CT molecular complexity index is 1840. The van der Waals surface area contributed by atoms with Crippen LogP contribution in [0, 0.1) is 11.8 Å². The van der Waals surface area contributed by atoms with E-state index in [1.807, 2.05) is 0 Å². The van der Waals surface area contributed by atoms with Crippen molar-refractivity contribution in [3.8, 4) is 28.8 Å². The highest BCUT2D eigenvalue weighted by molar-refractivity contribution is 7.89. The molecule has 216 valence electrons. The summed E-state index contributed by atoms with van der Waals surface area (Å²) in [6.07, 6.45) is 2.00. The maximum atomic E-state index is 12.4. The zero-order valence-corrected chi connectivity index (χ0v) is 25.4. The first-order chi connectivity index (χ1) is 20.1. The Morgan fingerprint density at radius 3 is 2.43 bits per heavy atom. The van der Waals surface area contributed by atoms with Gasteiger partial charge in [-0.3, -0.25) is 0 Å². The molecule has 0 saturated heterocycles. The molecule has 0 aliphatic heterocycles. The van der Waals surface area contributed by atoms with E-state index in [-0.39, 0.29) is 28.5 Å². The number of hydrogen-bond donors (Lipinski definition) is 1. The van der Waals surface area contributed by atoms with Gasteiger partial charge in [-0.2, -0.15) is 0 Å². The van der Waals surface area contributed by atoms with Crippen molar-refractivity contribution in [2.24, 2.45) is 0 Å². The number of benzene rings is 3. The van der Waals surface area contributed by atoms with E-state index in [0.717, 1.165) is 24.2 Å². The number of sulfonamides is 1. The fourth-order valence-corrected chi connectivity index (χ4v) is 5.80. The largest absolute Gasteiger partial charge is 0.489 e. The van der Waals surface area contributed by atoms with Crippen molar-refractivity contribution >= 4 is 50.8 Å². The number of nitrogens with one attached hydrogen (secondary N) is 1. The van der Waals surface area contributed by atoms with Crippen LogP contribution in [-0.4, -0.2) is 33.7 Å². The smallest absolute Gasteiger partial charge is 0.337 e. The highest BCUT2D eigenvalue weighted by Gasteiger charge is 2.33. The van der Waals surface area contributed by atoms with E-state index in [1.165, 1.54) is 32.4 Å². The number of carbonyl (C=O) groups is 1. The molecule has 0 amide bonds. The van der Waals surface area contributed by atoms with Crippen LogP contribution in [0.1, 0.15) is 51.6 Å². The fraction of sp³-hybridized carbons (Fsp3) is 0.200. The van der Waals surface area contributed by atoms with Crippen LogP contribution in [0.15, 0.2) is 64.0 Å². The summed E-state index contributed by atoms with van der Waals surface area (Å²) in [6.45, 7) is 0.149. The Labute approximate surface area is 257 Å². The van der Waals surface area contributed by atoms with Crippen LogP contribution in [0.3, 0.4) is 0 Å². The molecule has 42 heavy (non-hydrogen) atoms. The van der Waals surface area contributed by atoms with Gasteiger partial charge in [0.1, 0.15) is 23.8 Å². The van der Waals surface area contributed by atoms with Gasteiger partial charge in [-0.1, -0.05) is 57.9 Å². The maximum absolute atomic E-state index is 12.4. The van der Waals surface area contributed by atoms with Gasteiger partial charge in [0.15, 0.2) is 0 Å². The highest BCUT2D eigenvalue weighted by Crippen LogP contribution is 2.46. The number of esters is 1. The predicted molar refractivity (Wildman–Crippen MR) is 160 cm³/mol. The monoisotopic (exact) mass is 644 g/mol. The molecule has 1 saturated carbocycles. The van der Waals surface area contributed by atoms with E-state index >= 15 is 0 Å². The molecule has 0 atom stereocenters. The highest BCUT2D eigenvalue weighted by atomic mass is 35.5.